The van der Waals surface area contributed by atoms with E-state index in [0.717, 1.165) is 49.3 Å². The molecule has 5 heteroatoms. The van der Waals surface area contributed by atoms with Crippen molar-refractivity contribution in [2.75, 3.05) is 6.54 Å². The molecule has 2 aromatic rings. The third-order valence-electron chi connectivity index (χ3n) is 3.68. The summed E-state index contributed by atoms with van der Waals surface area (Å²) >= 11 is 3.41. The molecule has 0 atom stereocenters. The minimum atomic E-state index is -0.265. The van der Waals surface area contributed by atoms with Crippen LogP contribution in [0.1, 0.15) is 30.3 Å². The molecule has 110 valence electrons. The molecular formula is C16H17BrFN3. The number of aromatic nitrogens is 2. The topological polar surface area (TPSA) is 37.8 Å². The number of fused-ring (bicyclic) bond motifs is 1. The van der Waals surface area contributed by atoms with Crippen LogP contribution in [0.25, 0.3) is 11.4 Å². The largest absolute Gasteiger partial charge is 0.311 e. The van der Waals surface area contributed by atoms with E-state index in [9.17, 15) is 4.39 Å². The summed E-state index contributed by atoms with van der Waals surface area (Å²) < 4.78 is 13.9. The highest BCUT2D eigenvalue weighted by molar-refractivity contribution is 9.10. The Balaban J connectivity index is 2.12. The number of hydrogen-bond acceptors (Lipinski definition) is 3. The molecule has 0 radical (unpaired) electrons. The summed E-state index contributed by atoms with van der Waals surface area (Å²) in [7, 11) is 0. The summed E-state index contributed by atoms with van der Waals surface area (Å²) in [5.74, 6) is 0.409. The van der Waals surface area contributed by atoms with Gasteiger partial charge in [0.2, 0.25) is 0 Å². The predicted molar refractivity (Wildman–Crippen MR) is 84.5 cm³/mol. The summed E-state index contributed by atoms with van der Waals surface area (Å²) in [5, 5.41) is 3.35. The van der Waals surface area contributed by atoms with Crippen LogP contribution in [0.5, 0.6) is 0 Å². The van der Waals surface area contributed by atoms with Crippen molar-refractivity contribution in [2.24, 2.45) is 0 Å². The molecular weight excluding hydrogens is 333 g/mol. The monoisotopic (exact) mass is 349 g/mol. The first kappa shape index (κ1) is 14.6. The van der Waals surface area contributed by atoms with E-state index in [1.54, 1.807) is 6.07 Å². The Morgan fingerprint density at radius 3 is 2.95 bits per heavy atom. The van der Waals surface area contributed by atoms with Crippen molar-refractivity contribution in [2.45, 2.75) is 32.7 Å². The van der Waals surface area contributed by atoms with Crippen molar-refractivity contribution in [3.63, 3.8) is 0 Å². The van der Waals surface area contributed by atoms with Crippen LogP contribution in [0.15, 0.2) is 22.7 Å². The van der Waals surface area contributed by atoms with E-state index in [2.05, 4.69) is 28.2 Å². The van der Waals surface area contributed by atoms with Crippen molar-refractivity contribution < 1.29 is 4.39 Å². The van der Waals surface area contributed by atoms with Gasteiger partial charge in [-0.15, -0.1) is 0 Å². The maximum absolute atomic E-state index is 13.3. The van der Waals surface area contributed by atoms with E-state index in [0.29, 0.717) is 10.3 Å². The fraction of sp³-hybridized carbons (Fsp3) is 0.375. The van der Waals surface area contributed by atoms with Gasteiger partial charge in [0, 0.05) is 22.3 Å². The highest BCUT2D eigenvalue weighted by Crippen LogP contribution is 2.28. The Kier molecular flexibility index (Phi) is 4.31. The van der Waals surface area contributed by atoms with Crippen molar-refractivity contribution in [1.29, 1.82) is 0 Å². The maximum Gasteiger partial charge on any atom is 0.160 e. The summed E-state index contributed by atoms with van der Waals surface area (Å²) in [6.07, 6.45) is 2.99. The Morgan fingerprint density at radius 1 is 1.33 bits per heavy atom. The molecule has 0 aliphatic carbocycles. The zero-order valence-electron chi connectivity index (χ0n) is 11.9. The van der Waals surface area contributed by atoms with Crippen LogP contribution in [0, 0.1) is 5.82 Å². The Bertz CT molecular complexity index is 673. The van der Waals surface area contributed by atoms with Gasteiger partial charge in [-0.3, -0.25) is 0 Å². The average molecular weight is 350 g/mol. The third kappa shape index (κ3) is 2.99. The highest BCUT2D eigenvalue weighted by atomic mass is 79.9. The van der Waals surface area contributed by atoms with E-state index in [-0.39, 0.29) is 5.82 Å². The quantitative estimate of drug-likeness (QED) is 0.918. The molecule has 0 saturated heterocycles. The van der Waals surface area contributed by atoms with Crippen LogP contribution >= 0.6 is 15.9 Å². The van der Waals surface area contributed by atoms with Gasteiger partial charge in [-0.05, 0) is 59.1 Å². The molecule has 0 unspecified atom stereocenters. The minimum absolute atomic E-state index is 0.265. The molecule has 3 rings (SSSR count). The fourth-order valence-electron chi connectivity index (χ4n) is 2.67. The molecule has 1 aliphatic rings. The summed E-state index contributed by atoms with van der Waals surface area (Å²) in [6.45, 7) is 3.91. The Labute approximate surface area is 132 Å². The molecule has 1 aromatic carbocycles. The number of rotatable bonds is 3. The van der Waals surface area contributed by atoms with Gasteiger partial charge in [0.15, 0.2) is 5.82 Å². The van der Waals surface area contributed by atoms with Crippen LogP contribution in [0.4, 0.5) is 4.39 Å². The normalized spacial score (nSPS) is 14.0. The number of aryl methyl sites for hydroxylation is 1. The predicted octanol–water partition coefficient (Wildman–Crippen LogP) is 3.64. The molecule has 0 spiro atoms. The number of nitrogens with one attached hydrogen (secondary N) is 1. The van der Waals surface area contributed by atoms with Gasteiger partial charge < -0.3 is 5.32 Å². The van der Waals surface area contributed by atoms with E-state index < -0.39 is 0 Å². The van der Waals surface area contributed by atoms with Gasteiger partial charge in [0.25, 0.3) is 0 Å². The molecule has 21 heavy (non-hydrogen) atoms. The van der Waals surface area contributed by atoms with E-state index in [1.807, 2.05) is 0 Å². The zero-order valence-corrected chi connectivity index (χ0v) is 13.5. The van der Waals surface area contributed by atoms with Crippen molar-refractivity contribution in [3.8, 4) is 11.4 Å². The number of halogens is 2. The van der Waals surface area contributed by atoms with Gasteiger partial charge in [-0.2, -0.15) is 0 Å². The Morgan fingerprint density at radius 2 is 2.19 bits per heavy atom. The van der Waals surface area contributed by atoms with Crippen molar-refractivity contribution in [3.05, 3.63) is 45.4 Å². The van der Waals surface area contributed by atoms with Crippen LogP contribution in [-0.2, 0) is 19.4 Å². The van der Waals surface area contributed by atoms with Gasteiger partial charge >= 0.3 is 0 Å². The van der Waals surface area contributed by atoms with E-state index in [1.165, 1.54) is 17.7 Å². The number of benzene rings is 1. The third-order valence-corrected chi connectivity index (χ3v) is 4.34. The van der Waals surface area contributed by atoms with E-state index >= 15 is 0 Å². The van der Waals surface area contributed by atoms with Crippen molar-refractivity contribution in [1.82, 2.24) is 15.3 Å². The van der Waals surface area contributed by atoms with Gasteiger partial charge in [0.05, 0.1) is 5.69 Å². The molecule has 2 heterocycles. The van der Waals surface area contributed by atoms with Gasteiger partial charge in [-0.25, -0.2) is 14.4 Å². The lowest BCUT2D eigenvalue weighted by molar-refractivity contribution is 0.614. The average Bonchev–Trinajstić information content (AvgIpc) is 2.47. The minimum Gasteiger partial charge on any atom is -0.311 e. The molecule has 0 bridgehead atoms. The zero-order chi connectivity index (χ0) is 14.8. The lowest BCUT2D eigenvalue weighted by Crippen LogP contribution is -2.26. The molecule has 3 nitrogen and oxygen atoms in total. The fourth-order valence-corrected chi connectivity index (χ4v) is 3.20. The first-order valence-corrected chi connectivity index (χ1v) is 8.03. The van der Waals surface area contributed by atoms with Crippen LogP contribution in [0.2, 0.25) is 0 Å². The molecule has 1 aliphatic heterocycles. The lowest BCUT2D eigenvalue weighted by Gasteiger charge is -2.20. The van der Waals surface area contributed by atoms with E-state index in [4.69, 9.17) is 9.97 Å². The molecule has 1 aromatic heterocycles. The number of nitrogens with zero attached hydrogens (tertiary/aromatic N) is 2. The number of hydrogen-bond donors (Lipinski definition) is 1. The molecule has 0 fully saturated rings. The second kappa shape index (κ2) is 6.20. The molecule has 0 amide bonds. The lowest BCUT2D eigenvalue weighted by atomic mass is 10.0. The first-order valence-electron chi connectivity index (χ1n) is 7.24. The summed E-state index contributed by atoms with van der Waals surface area (Å²) in [6, 6.07) is 4.63. The first-order chi connectivity index (χ1) is 10.2. The Hall–Kier alpha value is -1.33. The van der Waals surface area contributed by atoms with Crippen LogP contribution in [0.3, 0.4) is 0 Å². The molecule has 1 N–H and O–H groups in total. The van der Waals surface area contributed by atoms with Crippen LogP contribution < -0.4 is 5.32 Å². The summed E-state index contributed by atoms with van der Waals surface area (Å²) in [4.78, 5) is 9.44. The van der Waals surface area contributed by atoms with Crippen LogP contribution in [-0.4, -0.2) is 16.5 Å². The standard InChI is InChI=1S/C16H17BrFN3/c1-2-3-14-12-6-7-19-9-15(12)21-16(20-14)11-5-4-10(18)8-13(11)17/h4-5,8,19H,2-3,6-7,9H2,1H3. The highest BCUT2D eigenvalue weighted by Gasteiger charge is 2.18. The molecule has 0 saturated carbocycles. The maximum atomic E-state index is 13.3. The summed E-state index contributed by atoms with van der Waals surface area (Å²) in [5.41, 5.74) is 4.33. The second-order valence-electron chi connectivity index (χ2n) is 5.22. The van der Waals surface area contributed by atoms with Gasteiger partial charge in [-0.1, -0.05) is 13.3 Å². The smallest absolute Gasteiger partial charge is 0.160 e. The van der Waals surface area contributed by atoms with Gasteiger partial charge in [0.1, 0.15) is 5.82 Å². The SMILES string of the molecule is CCCc1nc(-c2ccc(F)cc2Br)nc2c1CCNC2. The van der Waals surface area contributed by atoms with Crippen molar-refractivity contribution >= 4 is 15.9 Å². The second-order valence-corrected chi connectivity index (χ2v) is 6.07.